The Hall–Kier alpha value is -2.95. The second kappa shape index (κ2) is 11.0. The first-order valence-electron chi connectivity index (χ1n) is 11.9. The van der Waals surface area contributed by atoms with E-state index in [0.29, 0.717) is 60.6 Å². The summed E-state index contributed by atoms with van der Waals surface area (Å²) in [6.45, 7) is 3.76. The average Bonchev–Trinajstić information content (AvgIpc) is 2.88. The van der Waals surface area contributed by atoms with Gasteiger partial charge >= 0.3 is 0 Å². The van der Waals surface area contributed by atoms with E-state index in [2.05, 4.69) is 20.5 Å². The summed E-state index contributed by atoms with van der Waals surface area (Å²) < 4.78 is 16.7. The van der Waals surface area contributed by atoms with Crippen molar-refractivity contribution in [2.24, 2.45) is 0 Å². The van der Waals surface area contributed by atoms with Crippen LogP contribution in [0.25, 0.3) is 10.9 Å². The van der Waals surface area contributed by atoms with Crippen molar-refractivity contribution >= 4 is 34.1 Å². The molecule has 1 amide bonds. The van der Waals surface area contributed by atoms with Crippen LogP contribution < -0.4 is 20.1 Å². The number of hydrogen-bond donors (Lipinski definition) is 3. The zero-order chi connectivity index (χ0) is 25.1. The Labute approximate surface area is 214 Å². The molecule has 2 aromatic carbocycles. The van der Waals surface area contributed by atoms with E-state index < -0.39 is 6.10 Å². The highest BCUT2D eigenvalue weighted by Crippen LogP contribution is 2.33. The van der Waals surface area contributed by atoms with Crippen molar-refractivity contribution in [1.29, 1.82) is 0 Å². The number of ether oxygens (including phenoxy) is 3. The highest BCUT2D eigenvalue weighted by atomic mass is 35.5. The summed E-state index contributed by atoms with van der Waals surface area (Å²) in [6, 6.07) is 11.3. The van der Waals surface area contributed by atoms with Crippen LogP contribution in [0.15, 0.2) is 42.6 Å². The zero-order valence-corrected chi connectivity index (χ0v) is 20.8. The van der Waals surface area contributed by atoms with Crippen molar-refractivity contribution in [3.63, 3.8) is 0 Å². The Bertz CT molecular complexity index is 1260. The third-order valence-electron chi connectivity index (χ3n) is 6.43. The number of amides is 1. The van der Waals surface area contributed by atoms with Crippen molar-refractivity contribution in [2.45, 2.75) is 18.8 Å². The molecule has 3 aromatic rings. The molecule has 3 heterocycles. The molecule has 10 heteroatoms. The number of fused-ring (bicyclic) bond motifs is 2. The molecule has 1 fully saturated rings. The van der Waals surface area contributed by atoms with Gasteiger partial charge in [0, 0.05) is 49.9 Å². The van der Waals surface area contributed by atoms with Gasteiger partial charge < -0.3 is 30.0 Å². The molecule has 2 unspecified atom stereocenters. The highest BCUT2D eigenvalue weighted by molar-refractivity contribution is 6.32. The largest absolute Gasteiger partial charge is 0.497 e. The van der Waals surface area contributed by atoms with Gasteiger partial charge in [0.1, 0.15) is 11.5 Å². The van der Waals surface area contributed by atoms with Crippen LogP contribution >= 0.6 is 11.6 Å². The van der Waals surface area contributed by atoms with Crippen LogP contribution in [0.5, 0.6) is 11.5 Å². The Morgan fingerprint density at radius 1 is 1.33 bits per heavy atom. The number of carbonyl (C=O) groups excluding carboxylic acids is 1. The van der Waals surface area contributed by atoms with Crippen LogP contribution in [-0.2, 0) is 16.1 Å². The number of aromatic nitrogens is 1. The molecule has 2 atom stereocenters. The van der Waals surface area contributed by atoms with Gasteiger partial charge in [-0.15, -0.1) is 0 Å². The molecular weight excluding hydrogens is 484 g/mol. The van der Waals surface area contributed by atoms with Crippen LogP contribution in [-0.4, -0.2) is 73.5 Å². The topological polar surface area (TPSA) is 105 Å². The van der Waals surface area contributed by atoms with Crippen molar-refractivity contribution in [3.05, 3.63) is 58.7 Å². The SMILES string of the molecule is COc1ccc2ncc(Cl)c(C(O)CN3CCOC(CNCc4ccc5c(c4)NC(=O)CO5)C3)c2c1. The quantitative estimate of drug-likeness (QED) is 0.423. The van der Waals surface area contributed by atoms with Gasteiger partial charge in [0.05, 0.1) is 42.2 Å². The second-order valence-electron chi connectivity index (χ2n) is 8.97. The van der Waals surface area contributed by atoms with Crippen LogP contribution in [0.1, 0.15) is 17.2 Å². The maximum atomic E-state index is 11.6. The smallest absolute Gasteiger partial charge is 0.262 e. The first-order valence-corrected chi connectivity index (χ1v) is 12.3. The summed E-state index contributed by atoms with van der Waals surface area (Å²) in [6.07, 6.45) is 0.783. The number of aliphatic hydroxyl groups is 1. The predicted molar refractivity (Wildman–Crippen MR) is 137 cm³/mol. The summed E-state index contributed by atoms with van der Waals surface area (Å²) >= 11 is 6.47. The molecule has 0 saturated carbocycles. The van der Waals surface area contributed by atoms with Gasteiger partial charge in [0.2, 0.25) is 0 Å². The lowest BCUT2D eigenvalue weighted by Crippen LogP contribution is -2.47. The number of nitrogens with zero attached hydrogens (tertiary/aromatic N) is 2. The number of morpholine rings is 1. The highest BCUT2D eigenvalue weighted by Gasteiger charge is 2.25. The zero-order valence-electron chi connectivity index (χ0n) is 20.0. The number of anilines is 1. The number of β-amino-alcohol motifs (C(OH)–C–C–N with tert-alkyl or cyclic N) is 1. The van der Waals surface area contributed by atoms with E-state index in [1.807, 2.05) is 36.4 Å². The molecule has 5 rings (SSSR count). The van der Waals surface area contributed by atoms with Gasteiger partial charge in [0.25, 0.3) is 5.91 Å². The number of aliphatic hydroxyl groups excluding tert-OH is 1. The average molecular weight is 513 g/mol. The van der Waals surface area contributed by atoms with Crippen molar-refractivity contribution in [2.75, 3.05) is 51.8 Å². The number of benzene rings is 2. The Kier molecular flexibility index (Phi) is 7.54. The van der Waals surface area contributed by atoms with E-state index in [4.69, 9.17) is 25.8 Å². The van der Waals surface area contributed by atoms with Crippen LogP contribution in [0, 0.1) is 0 Å². The number of carbonyl (C=O) groups is 1. The number of halogens is 1. The predicted octanol–water partition coefficient (Wildman–Crippen LogP) is 2.75. The van der Waals surface area contributed by atoms with Gasteiger partial charge in [-0.05, 0) is 35.9 Å². The standard InChI is InChI=1S/C26H29ClN4O5/c1-34-17-3-4-21-19(9-17)26(20(27)12-29-21)23(32)14-31-6-7-35-18(13-31)11-28-10-16-2-5-24-22(8-16)30-25(33)15-36-24/h2-5,8-9,12,18,23,28,32H,6-7,10-11,13-15H2,1H3,(H,30,33). The summed E-state index contributed by atoms with van der Waals surface area (Å²) in [5, 5.41) is 18.6. The van der Waals surface area contributed by atoms with E-state index in [0.717, 1.165) is 23.0 Å². The van der Waals surface area contributed by atoms with E-state index in [9.17, 15) is 9.90 Å². The molecule has 0 radical (unpaired) electrons. The van der Waals surface area contributed by atoms with E-state index in [1.54, 1.807) is 13.3 Å². The van der Waals surface area contributed by atoms with Gasteiger partial charge in [-0.25, -0.2) is 0 Å². The first-order chi connectivity index (χ1) is 17.5. The minimum atomic E-state index is -0.783. The molecule has 2 aliphatic rings. The van der Waals surface area contributed by atoms with Crippen LogP contribution in [0.3, 0.4) is 0 Å². The van der Waals surface area contributed by atoms with Gasteiger partial charge in [-0.1, -0.05) is 17.7 Å². The fourth-order valence-electron chi connectivity index (χ4n) is 4.66. The normalized spacial score (nSPS) is 18.9. The van der Waals surface area contributed by atoms with Crippen molar-refractivity contribution < 1.29 is 24.1 Å². The summed E-state index contributed by atoms with van der Waals surface area (Å²) in [5.74, 6) is 1.22. The molecule has 3 N–H and O–H groups in total. The van der Waals surface area contributed by atoms with Crippen molar-refractivity contribution in [1.82, 2.24) is 15.2 Å². The maximum absolute atomic E-state index is 11.6. The molecule has 36 heavy (non-hydrogen) atoms. The molecule has 0 bridgehead atoms. The van der Waals surface area contributed by atoms with Crippen molar-refractivity contribution in [3.8, 4) is 11.5 Å². The molecule has 0 aliphatic carbocycles. The third kappa shape index (κ3) is 5.55. The third-order valence-corrected chi connectivity index (χ3v) is 6.73. The van der Waals surface area contributed by atoms with E-state index in [1.165, 1.54) is 0 Å². The molecule has 1 saturated heterocycles. The number of rotatable bonds is 8. The second-order valence-corrected chi connectivity index (χ2v) is 9.38. The van der Waals surface area contributed by atoms with Crippen LogP contribution in [0.4, 0.5) is 5.69 Å². The van der Waals surface area contributed by atoms with Gasteiger partial charge in [-0.3, -0.25) is 14.7 Å². The molecule has 9 nitrogen and oxygen atoms in total. The fraction of sp³-hybridized carbons (Fsp3) is 0.385. The first kappa shape index (κ1) is 24.7. The molecular formula is C26H29ClN4O5. The fourth-order valence-corrected chi connectivity index (χ4v) is 4.93. The lowest BCUT2D eigenvalue weighted by Gasteiger charge is -2.34. The summed E-state index contributed by atoms with van der Waals surface area (Å²) in [4.78, 5) is 18.1. The Balaban J connectivity index is 1.18. The lowest BCUT2D eigenvalue weighted by atomic mass is 10.0. The maximum Gasteiger partial charge on any atom is 0.262 e. The Morgan fingerprint density at radius 3 is 3.08 bits per heavy atom. The molecule has 2 aliphatic heterocycles. The molecule has 190 valence electrons. The monoisotopic (exact) mass is 512 g/mol. The molecule has 0 spiro atoms. The number of hydrogen-bond acceptors (Lipinski definition) is 8. The number of methoxy groups -OCH3 is 1. The van der Waals surface area contributed by atoms with Gasteiger partial charge in [-0.2, -0.15) is 0 Å². The van der Waals surface area contributed by atoms with E-state index >= 15 is 0 Å². The summed E-state index contributed by atoms with van der Waals surface area (Å²) in [5.41, 5.74) is 3.15. The Morgan fingerprint density at radius 2 is 2.22 bits per heavy atom. The number of nitrogens with one attached hydrogen (secondary N) is 2. The van der Waals surface area contributed by atoms with E-state index in [-0.39, 0.29) is 18.6 Å². The summed E-state index contributed by atoms with van der Waals surface area (Å²) in [7, 11) is 1.61. The van der Waals surface area contributed by atoms with Crippen LogP contribution in [0.2, 0.25) is 5.02 Å². The minimum Gasteiger partial charge on any atom is -0.497 e. The number of pyridine rings is 1. The molecule has 1 aromatic heterocycles. The lowest BCUT2D eigenvalue weighted by molar-refractivity contribution is -0.118. The van der Waals surface area contributed by atoms with Gasteiger partial charge in [0.15, 0.2) is 6.61 Å². The minimum absolute atomic E-state index is 0.0173.